The molecule has 0 atom stereocenters. The molecule has 0 aliphatic heterocycles. The van der Waals surface area contributed by atoms with E-state index in [2.05, 4.69) is 10.3 Å². The molecule has 35 heavy (non-hydrogen) atoms. The third kappa shape index (κ3) is 5.27. The number of methoxy groups -OCH3 is 2. The zero-order valence-corrected chi connectivity index (χ0v) is 19.7. The molecule has 1 amide bonds. The minimum absolute atomic E-state index is 0.0825. The Morgan fingerprint density at radius 2 is 1.80 bits per heavy atom. The number of carbonyl (C=O) groups is 1. The van der Waals surface area contributed by atoms with E-state index in [-0.39, 0.29) is 34.4 Å². The van der Waals surface area contributed by atoms with Crippen LogP contribution in [0.25, 0.3) is 16.6 Å². The Bertz CT molecular complexity index is 1460. The largest absolute Gasteiger partial charge is 0.493 e. The van der Waals surface area contributed by atoms with E-state index >= 15 is 0 Å². The molecule has 0 aliphatic rings. The molecule has 1 N–H and O–H groups in total. The molecule has 3 aromatic carbocycles. The number of halogens is 2. The van der Waals surface area contributed by atoms with E-state index in [0.717, 1.165) is 28.0 Å². The van der Waals surface area contributed by atoms with Gasteiger partial charge in [-0.2, -0.15) is 0 Å². The summed E-state index contributed by atoms with van der Waals surface area (Å²) >= 11 is 0.975. The minimum Gasteiger partial charge on any atom is -0.493 e. The number of carbonyl (C=O) groups excluding carboxylic acids is 1. The average molecular weight is 498 g/mol. The monoisotopic (exact) mass is 497 g/mol. The highest BCUT2D eigenvalue weighted by molar-refractivity contribution is 7.99. The number of para-hydroxylation sites is 1. The van der Waals surface area contributed by atoms with Crippen LogP contribution in [0.3, 0.4) is 0 Å². The summed E-state index contributed by atoms with van der Waals surface area (Å²) in [5, 5.41) is 3.18. The molecule has 0 saturated carbocycles. The molecule has 10 heteroatoms. The van der Waals surface area contributed by atoms with Crippen LogP contribution in [0, 0.1) is 11.6 Å². The summed E-state index contributed by atoms with van der Waals surface area (Å²) in [7, 11) is 3.06. The first-order valence-electron chi connectivity index (χ1n) is 10.5. The third-order valence-electron chi connectivity index (χ3n) is 5.17. The molecule has 7 nitrogen and oxygen atoms in total. The van der Waals surface area contributed by atoms with E-state index in [0.29, 0.717) is 23.1 Å². The second-order valence-electron chi connectivity index (χ2n) is 7.40. The van der Waals surface area contributed by atoms with E-state index in [4.69, 9.17) is 9.47 Å². The minimum atomic E-state index is -0.913. The van der Waals surface area contributed by atoms with Crippen molar-refractivity contribution >= 4 is 28.6 Å². The lowest BCUT2D eigenvalue weighted by Crippen LogP contribution is -2.26. The van der Waals surface area contributed by atoms with E-state index in [1.54, 1.807) is 42.5 Å². The number of ether oxygens (including phenoxy) is 2. The fraction of sp³-hybridized carbons (Fsp3) is 0.160. The normalized spacial score (nSPS) is 10.9. The third-order valence-corrected chi connectivity index (χ3v) is 6.10. The highest BCUT2D eigenvalue weighted by atomic mass is 32.2. The van der Waals surface area contributed by atoms with Crippen molar-refractivity contribution in [2.24, 2.45) is 0 Å². The second-order valence-corrected chi connectivity index (χ2v) is 8.35. The maximum Gasteiger partial charge on any atom is 0.266 e. The Balaban J connectivity index is 1.57. The van der Waals surface area contributed by atoms with Crippen molar-refractivity contribution in [2.75, 3.05) is 20.0 Å². The zero-order chi connectivity index (χ0) is 24.9. The predicted octanol–water partition coefficient (Wildman–Crippen LogP) is 4.09. The van der Waals surface area contributed by atoms with Crippen molar-refractivity contribution in [1.29, 1.82) is 0 Å². The maximum atomic E-state index is 14.6. The number of hydrogen-bond donors (Lipinski definition) is 1. The molecular formula is C25H21F2N3O4S. The summed E-state index contributed by atoms with van der Waals surface area (Å²) in [6.07, 6.45) is 0. The van der Waals surface area contributed by atoms with Crippen molar-refractivity contribution < 1.29 is 23.0 Å². The van der Waals surface area contributed by atoms with Gasteiger partial charge in [0.25, 0.3) is 5.56 Å². The number of hydrogen-bond acceptors (Lipinski definition) is 6. The van der Waals surface area contributed by atoms with Gasteiger partial charge in [0.05, 0.1) is 36.6 Å². The van der Waals surface area contributed by atoms with Crippen molar-refractivity contribution in [2.45, 2.75) is 11.7 Å². The smallest absolute Gasteiger partial charge is 0.266 e. The van der Waals surface area contributed by atoms with Gasteiger partial charge in [-0.1, -0.05) is 30.0 Å². The Morgan fingerprint density at radius 3 is 2.54 bits per heavy atom. The Morgan fingerprint density at radius 1 is 1.03 bits per heavy atom. The number of nitrogens with zero attached hydrogens (tertiary/aromatic N) is 2. The Kier molecular flexibility index (Phi) is 7.31. The molecule has 0 radical (unpaired) electrons. The SMILES string of the molecule is COc1ccc(CNC(=O)CSc2nc3ccccc3c(=O)n2-c2ccc(F)cc2F)cc1OC. The molecule has 0 fully saturated rings. The van der Waals surface area contributed by atoms with E-state index in [9.17, 15) is 18.4 Å². The predicted molar refractivity (Wildman–Crippen MR) is 129 cm³/mol. The van der Waals surface area contributed by atoms with Crippen LogP contribution in [0.5, 0.6) is 11.5 Å². The highest BCUT2D eigenvalue weighted by Crippen LogP contribution is 2.27. The van der Waals surface area contributed by atoms with Crippen molar-refractivity contribution in [3.63, 3.8) is 0 Å². The van der Waals surface area contributed by atoms with Gasteiger partial charge in [-0.3, -0.25) is 14.2 Å². The number of fused-ring (bicyclic) bond motifs is 1. The second kappa shape index (κ2) is 10.6. The average Bonchev–Trinajstić information content (AvgIpc) is 2.86. The number of rotatable bonds is 8. The quantitative estimate of drug-likeness (QED) is 0.292. The fourth-order valence-electron chi connectivity index (χ4n) is 3.46. The number of benzene rings is 3. The van der Waals surface area contributed by atoms with Crippen molar-refractivity contribution in [3.8, 4) is 17.2 Å². The van der Waals surface area contributed by atoms with E-state index < -0.39 is 17.2 Å². The van der Waals surface area contributed by atoms with Gasteiger partial charge in [0.1, 0.15) is 11.6 Å². The van der Waals surface area contributed by atoms with Gasteiger partial charge in [-0.25, -0.2) is 13.8 Å². The van der Waals surface area contributed by atoms with Crippen LogP contribution in [0.4, 0.5) is 8.78 Å². The molecule has 1 aromatic heterocycles. The lowest BCUT2D eigenvalue weighted by Gasteiger charge is -2.14. The van der Waals surface area contributed by atoms with Crippen LogP contribution in [0.15, 0.2) is 70.6 Å². The Hall–Kier alpha value is -3.92. The number of thioether (sulfide) groups is 1. The van der Waals surface area contributed by atoms with Crippen LogP contribution in [0.1, 0.15) is 5.56 Å². The molecule has 180 valence electrons. The zero-order valence-electron chi connectivity index (χ0n) is 18.9. The summed E-state index contributed by atoms with van der Waals surface area (Å²) in [5.41, 5.74) is 0.539. The number of nitrogens with one attached hydrogen (secondary N) is 1. The van der Waals surface area contributed by atoms with Crippen LogP contribution in [-0.4, -0.2) is 35.4 Å². The van der Waals surface area contributed by atoms with Crippen molar-refractivity contribution in [3.05, 3.63) is 88.2 Å². The lowest BCUT2D eigenvalue weighted by molar-refractivity contribution is -0.118. The molecule has 0 unspecified atom stereocenters. The van der Waals surface area contributed by atoms with Crippen LogP contribution in [-0.2, 0) is 11.3 Å². The highest BCUT2D eigenvalue weighted by Gasteiger charge is 2.18. The lowest BCUT2D eigenvalue weighted by atomic mass is 10.2. The van der Waals surface area contributed by atoms with Crippen LogP contribution < -0.4 is 20.3 Å². The number of amides is 1. The first-order valence-corrected chi connectivity index (χ1v) is 11.5. The number of aromatic nitrogens is 2. The molecular weight excluding hydrogens is 476 g/mol. The van der Waals surface area contributed by atoms with Gasteiger partial charge in [-0.05, 0) is 42.0 Å². The van der Waals surface area contributed by atoms with Crippen LogP contribution >= 0.6 is 11.8 Å². The summed E-state index contributed by atoms with van der Waals surface area (Å²) in [4.78, 5) is 30.2. The van der Waals surface area contributed by atoms with Gasteiger partial charge in [0, 0.05) is 12.6 Å². The van der Waals surface area contributed by atoms with E-state index in [1.165, 1.54) is 20.3 Å². The molecule has 0 bridgehead atoms. The molecule has 0 spiro atoms. The van der Waals surface area contributed by atoms with Gasteiger partial charge >= 0.3 is 0 Å². The Labute approximate surface area is 203 Å². The van der Waals surface area contributed by atoms with Gasteiger partial charge < -0.3 is 14.8 Å². The van der Waals surface area contributed by atoms with Crippen LogP contribution in [0.2, 0.25) is 0 Å². The summed E-state index contributed by atoms with van der Waals surface area (Å²) < 4.78 is 39.6. The van der Waals surface area contributed by atoms with E-state index in [1.807, 2.05) is 0 Å². The molecule has 0 saturated heterocycles. The first-order chi connectivity index (χ1) is 16.9. The van der Waals surface area contributed by atoms with Gasteiger partial charge in [-0.15, -0.1) is 0 Å². The fourth-order valence-corrected chi connectivity index (χ4v) is 4.29. The standard InChI is InChI=1S/C25H21F2N3O4S/c1-33-21-10-7-15(11-22(21)34-2)13-28-23(31)14-35-25-29-19-6-4-3-5-17(19)24(32)30(25)20-9-8-16(26)12-18(20)27/h3-12H,13-14H2,1-2H3,(H,28,31). The first kappa shape index (κ1) is 24.2. The molecule has 1 heterocycles. The molecule has 4 aromatic rings. The van der Waals surface area contributed by atoms with Gasteiger partial charge in [0.15, 0.2) is 16.7 Å². The van der Waals surface area contributed by atoms with Gasteiger partial charge in [0.2, 0.25) is 5.91 Å². The topological polar surface area (TPSA) is 82.5 Å². The summed E-state index contributed by atoms with van der Waals surface area (Å²) in [6.45, 7) is 0.240. The summed E-state index contributed by atoms with van der Waals surface area (Å²) in [5.74, 6) is -0.967. The van der Waals surface area contributed by atoms with Crippen molar-refractivity contribution in [1.82, 2.24) is 14.9 Å². The molecule has 4 rings (SSSR count). The maximum absolute atomic E-state index is 14.6. The molecule has 0 aliphatic carbocycles. The summed E-state index contributed by atoms with van der Waals surface area (Å²) in [6, 6.07) is 14.9.